The van der Waals surface area contributed by atoms with E-state index in [4.69, 9.17) is 24.2 Å². The molecule has 1 fully saturated rings. The second-order valence-corrected chi connectivity index (χ2v) is 9.11. The molecule has 0 aromatic heterocycles. The number of epoxide rings is 1. The number of ether oxygens (including phenoxy) is 3. The Morgan fingerprint density at radius 1 is 1.21 bits per heavy atom. The normalized spacial score (nSPS) is 22.2. The monoisotopic (exact) mass is 451 g/mol. The molecule has 0 N–H and O–H groups in total. The largest absolute Gasteiger partial charge is 0.466 e. The van der Waals surface area contributed by atoms with E-state index >= 15 is 0 Å². The molecule has 1 saturated heterocycles. The minimum Gasteiger partial charge on any atom is -0.466 e. The van der Waals surface area contributed by atoms with E-state index in [9.17, 15) is 4.79 Å². The van der Waals surface area contributed by atoms with Crippen molar-refractivity contribution in [2.45, 2.75) is 71.4 Å². The molecule has 1 aromatic carbocycles. The Kier molecular flexibility index (Phi) is 8.10. The summed E-state index contributed by atoms with van der Waals surface area (Å²) in [6.45, 7) is 11.8. The number of aliphatic imine (C=N–C) groups is 3. The lowest BCUT2D eigenvalue weighted by atomic mass is 9.99. The van der Waals surface area contributed by atoms with Gasteiger partial charge in [-0.15, -0.1) is 0 Å². The van der Waals surface area contributed by atoms with Gasteiger partial charge in [0, 0.05) is 11.8 Å². The summed E-state index contributed by atoms with van der Waals surface area (Å²) in [5, 5.41) is 0. The zero-order valence-corrected chi connectivity index (χ0v) is 20.1. The van der Waals surface area contributed by atoms with Crippen molar-refractivity contribution in [2.75, 3.05) is 7.11 Å². The Morgan fingerprint density at radius 3 is 2.61 bits per heavy atom. The number of carbonyl (C=O) groups is 1. The number of hydrogen-bond acceptors (Lipinski definition) is 6. The fourth-order valence-corrected chi connectivity index (χ4v) is 3.40. The molecule has 2 unspecified atom stereocenters. The number of carbonyl (C=O) groups excluding carboxylic acids is 1. The van der Waals surface area contributed by atoms with Crippen LogP contribution in [0.1, 0.15) is 58.9 Å². The van der Waals surface area contributed by atoms with Crippen LogP contribution in [0.2, 0.25) is 0 Å². The van der Waals surface area contributed by atoms with E-state index in [0.717, 1.165) is 42.7 Å². The first-order valence-electron chi connectivity index (χ1n) is 11.3. The Bertz CT molecular complexity index is 1000. The molecule has 2 atom stereocenters. The molecule has 0 bridgehead atoms. The van der Waals surface area contributed by atoms with Crippen LogP contribution in [-0.2, 0) is 19.0 Å². The molecule has 1 aromatic rings. The molecule has 7 heteroatoms. The maximum atomic E-state index is 11.6. The molecule has 0 spiro atoms. The van der Waals surface area contributed by atoms with Crippen LogP contribution in [0.25, 0.3) is 0 Å². The summed E-state index contributed by atoms with van der Waals surface area (Å²) in [7, 11) is 1.34. The quantitative estimate of drug-likeness (QED) is 0.228. The van der Waals surface area contributed by atoms with E-state index in [1.165, 1.54) is 13.3 Å². The smallest absolute Gasteiger partial charge is 0.334 e. The van der Waals surface area contributed by atoms with Crippen LogP contribution >= 0.6 is 0 Å². The van der Waals surface area contributed by atoms with Gasteiger partial charge in [0.15, 0.2) is 12.1 Å². The number of rotatable bonds is 9. The SMILES string of the molecule is C=C1N=C(CCCCC2OC2OC(C)(C)C)C(c2ccccc2)=NC1=N/C=C(\C)C(=O)OC. The molecule has 0 amide bonds. The van der Waals surface area contributed by atoms with E-state index < -0.39 is 5.97 Å². The molecule has 2 aliphatic rings. The molecule has 3 rings (SSSR count). The van der Waals surface area contributed by atoms with Crippen LogP contribution in [0.15, 0.2) is 69.4 Å². The molecule has 0 aliphatic carbocycles. The van der Waals surface area contributed by atoms with Crippen LogP contribution in [0.4, 0.5) is 0 Å². The molecule has 33 heavy (non-hydrogen) atoms. The van der Waals surface area contributed by atoms with Crippen molar-refractivity contribution in [3.63, 3.8) is 0 Å². The second kappa shape index (κ2) is 10.8. The summed E-state index contributed by atoms with van der Waals surface area (Å²) < 4.78 is 16.2. The number of benzene rings is 1. The highest BCUT2D eigenvalue weighted by Gasteiger charge is 2.41. The first-order valence-corrected chi connectivity index (χ1v) is 11.3. The molecule has 2 heterocycles. The fraction of sp³-hybridized carbons (Fsp3) is 0.462. The van der Waals surface area contributed by atoms with E-state index in [2.05, 4.69) is 11.6 Å². The number of hydrogen-bond donors (Lipinski definition) is 0. The van der Waals surface area contributed by atoms with Crippen LogP contribution < -0.4 is 0 Å². The van der Waals surface area contributed by atoms with Gasteiger partial charge in [-0.2, -0.15) is 0 Å². The third-order valence-electron chi connectivity index (χ3n) is 5.11. The third-order valence-corrected chi connectivity index (χ3v) is 5.11. The van der Waals surface area contributed by atoms with Gasteiger partial charge in [0.05, 0.1) is 29.7 Å². The van der Waals surface area contributed by atoms with Gasteiger partial charge in [-0.25, -0.2) is 19.8 Å². The number of nitrogens with zero attached hydrogens (tertiary/aromatic N) is 3. The van der Waals surface area contributed by atoms with Gasteiger partial charge in [-0.3, -0.25) is 0 Å². The van der Waals surface area contributed by atoms with Gasteiger partial charge in [-0.1, -0.05) is 43.3 Å². The number of amidine groups is 1. The lowest BCUT2D eigenvalue weighted by molar-refractivity contribution is -0.136. The summed E-state index contributed by atoms with van der Waals surface area (Å²) in [6.07, 6.45) is 5.21. The van der Waals surface area contributed by atoms with Crippen molar-refractivity contribution in [1.82, 2.24) is 0 Å². The minimum absolute atomic E-state index is 0.0847. The van der Waals surface area contributed by atoms with Crippen molar-refractivity contribution < 1.29 is 19.0 Å². The highest BCUT2D eigenvalue weighted by molar-refractivity contribution is 6.51. The predicted octanol–water partition coefficient (Wildman–Crippen LogP) is 5.02. The third kappa shape index (κ3) is 7.30. The Labute approximate surface area is 196 Å². The average molecular weight is 452 g/mol. The number of esters is 1. The number of methoxy groups -OCH3 is 1. The van der Waals surface area contributed by atoms with Crippen molar-refractivity contribution in [3.8, 4) is 0 Å². The van der Waals surface area contributed by atoms with E-state index in [0.29, 0.717) is 17.1 Å². The zero-order chi connectivity index (χ0) is 24.0. The lowest BCUT2D eigenvalue weighted by Gasteiger charge is -2.17. The highest BCUT2D eigenvalue weighted by atomic mass is 16.8. The second-order valence-electron chi connectivity index (χ2n) is 9.11. The Morgan fingerprint density at radius 2 is 1.94 bits per heavy atom. The molecule has 0 saturated carbocycles. The average Bonchev–Trinajstić information content (AvgIpc) is 3.51. The van der Waals surface area contributed by atoms with E-state index in [-0.39, 0.29) is 18.0 Å². The van der Waals surface area contributed by atoms with Gasteiger partial charge in [0.25, 0.3) is 0 Å². The maximum absolute atomic E-state index is 11.6. The molecule has 0 radical (unpaired) electrons. The van der Waals surface area contributed by atoms with Crippen LogP contribution in [-0.4, -0.2) is 48.3 Å². The fourth-order valence-electron chi connectivity index (χ4n) is 3.40. The first-order chi connectivity index (χ1) is 15.7. The number of unbranched alkanes of at least 4 members (excludes halogenated alkanes) is 1. The van der Waals surface area contributed by atoms with Crippen LogP contribution in [0.3, 0.4) is 0 Å². The van der Waals surface area contributed by atoms with Gasteiger partial charge in [0.1, 0.15) is 11.8 Å². The van der Waals surface area contributed by atoms with Crippen LogP contribution in [0.5, 0.6) is 0 Å². The predicted molar refractivity (Wildman–Crippen MR) is 131 cm³/mol. The van der Waals surface area contributed by atoms with Crippen molar-refractivity contribution in [1.29, 1.82) is 0 Å². The van der Waals surface area contributed by atoms with Crippen molar-refractivity contribution in [3.05, 3.63) is 59.9 Å². The standard InChI is InChI=1S/C26H33N3O4/c1-17(24(30)31-6)16-27-23-18(2)28-20(22(29-23)19-12-8-7-9-13-19)14-10-11-15-21-25(32-21)33-26(3,4)5/h7-9,12-13,16,21,25H,2,10-11,14-15H2,1,3-6H3/b17-16+,27-23?. The van der Waals surface area contributed by atoms with E-state index in [1.807, 2.05) is 51.1 Å². The van der Waals surface area contributed by atoms with Crippen molar-refractivity contribution in [2.24, 2.45) is 15.0 Å². The first kappa shape index (κ1) is 24.7. The van der Waals surface area contributed by atoms with Gasteiger partial charge in [-0.05, 0) is 47.0 Å². The summed E-state index contributed by atoms with van der Waals surface area (Å²) in [5.74, 6) is -0.0542. The highest BCUT2D eigenvalue weighted by Crippen LogP contribution is 2.32. The topological polar surface area (TPSA) is 85.1 Å². The van der Waals surface area contributed by atoms with Gasteiger partial charge < -0.3 is 14.2 Å². The van der Waals surface area contributed by atoms with E-state index in [1.54, 1.807) is 6.92 Å². The zero-order valence-electron chi connectivity index (χ0n) is 20.1. The van der Waals surface area contributed by atoms with Gasteiger partial charge in [0.2, 0.25) is 0 Å². The molecule has 7 nitrogen and oxygen atoms in total. The lowest BCUT2D eigenvalue weighted by Crippen LogP contribution is -2.23. The minimum atomic E-state index is -0.438. The summed E-state index contributed by atoms with van der Waals surface area (Å²) in [5.41, 5.74) is 3.29. The molecular weight excluding hydrogens is 418 g/mol. The van der Waals surface area contributed by atoms with Gasteiger partial charge >= 0.3 is 5.97 Å². The maximum Gasteiger partial charge on any atom is 0.334 e. The van der Waals surface area contributed by atoms with Crippen molar-refractivity contribution >= 4 is 23.2 Å². The summed E-state index contributed by atoms with van der Waals surface area (Å²) in [4.78, 5) is 25.4. The molecular formula is C26H33N3O4. The Balaban J connectivity index is 1.66. The molecule has 176 valence electrons. The Hall–Kier alpha value is -2.90. The summed E-state index contributed by atoms with van der Waals surface area (Å²) >= 11 is 0. The van der Waals surface area contributed by atoms with Crippen LogP contribution in [0, 0.1) is 0 Å². The summed E-state index contributed by atoms with van der Waals surface area (Å²) in [6, 6.07) is 9.91. The molecule has 2 aliphatic heterocycles.